The SMILES string of the molecule is COc1ccc([C@H]2Oc3c(OC)cccc3[C@@H]3CC(c4ccccc4O)=NN23)cc1OC. The van der Waals surface area contributed by atoms with E-state index in [1.165, 1.54) is 0 Å². The first-order valence-electron chi connectivity index (χ1n) is 10.3. The van der Waals surface area contributed by atoms with Crippen LogP contribution in [0.4, 0.5) is 0 Å². The van der Waals surface area contributed by atoms with E-state index in [-0.39, 0.29) is 11.8 Å². The van der Waals surface area contributed by atoms with Crippen molar-refractivity contribution < 1.29 is 24.1 Å². The van der Waals surface area contributed by atoms with Crippen LogP contribution in [0.25, 0.3) is 0 Å². The van der Waals surface area contributed by atoms with Gasteiger partial charge in [-0.05, 0) is 36.4 Å². The maximum atomic E-state index is 10.4. The Morgan fingerprint density at radius 3 is 2.44 bits per heavy atom. The summed E-state index contributed by atoms with van der Waals surface area (Å²) in [4.78, 5) is 0. The maximum Gasteiger partial charge on any atom is 0.214 e. The summed E-state index contributed by atoms with van der Waals surface area (Å²) in [6.07, 6.45) is 0.122. The summed E-state index contributed by atoms with van der Waals surface area (Å²) in [6.45, 7) is 0. The molecular weight excluding hydrogens is 408 g/mol. The molecule has 2 heterocycles. The molecule has 3 aromatic rings. The van der Waals surface area contributed by atoms with Crippen LogP contribution in [0.2, 0.25) is 0 Å². The Bertz CT molecular complexity index is 1190. The van der Waals surface area contributed by atoms with Crippen molar-refractivity contribution in [3.63, 3.8) is 0 Å². The molecule has 2 aliphatic rings. The van der Waals surface area contributed by atoms with Gasteiger partial charge in [-0.15, -0.1) is 0 Å². The molecule has 3 aromatic carbocycles. The molecule has 5 rings (SSSR count). The maximum absolute atomic E-state index is 10.4. The summed E-state index contributed by atoms with van der Waals surface area (Å²) >= 11 is 0. The second kappa shape index (κ2) is 8.00. The lowest BCUT2D eigenvalue weighted by atomic mass is 9.95. The lowest BCUT2D eigenvalue weighted by Gasteiger charge is -2.38. The number of methoxy groups -OCH3 is 3. The van der Waals surface area contributed by atoms with Gasteiger partial charge in [-0.2, -0.15) is 5.10 Å². The van der Waals surface area contributed by atoms with Crippen molar-refractivity contribution in [1.82, 2.24) is 5.01 Å². The van der Waals surface area contributed by atoms with Crippen molar-refractivity contribution in [3.8, 4) is 28.7 Å². The fourth-order valence-electron chi connectivity index (χ4n) is 4.35. The zero-order valence-corrected chi connectivity index (χ0v) is 18.1. The fourth-order valence-corrected chi connectivity index (χ4v) is 4.35. The third-order valence-corrected chi connectivity index (χ3v) is 5.91. The molecule has 0 saturated carbocycles. The third kappa shape index (κ3) is 3.17. The molecule has 0 amide bonds. The lowest BCUT2D eigenvalue weighted by Crippen LogP contribution is -2.33. The summed E-state index contributed by atoms with van der Waals surface area (Å²) in [5.41, 5.74) is 3.39. The van der Waals surface area contributed by atoms with Gasteiger partial charge in [-0.25, -0.2) is 5.01 Å². The fraction of sp³-hybridized carbons (Fsp3) is 0.240. The minimum absolute atomic E-state index is 0.0680. The Hall–Kier alpha value is -3.87. The van der Waals surface area contributed by atoms with Gasteiger partial charge in [0.25, 0.3) is 0 Å². The van der Waals surface area contributed by atoms with Crippen molar-refractivity contribution in [1.29, 1.82) is 0 Å². The number of rotatable bonds is 5. The summed E-state index contributed by atoms with van der Waals surface area (Å²) in [5.74, 6) is 2.83. The van der Waals surface area contributed by atoms with Gasteiger partial charge < -0.3 is 24.1 Å². The van der Waals surface area contributed by atoms with Gasteiger partial charge in [0, 0.05) is 23.1 Å². The van der Waals surface area contributed by atoms with E-state index in [0.29, 0.717) is 29.4 Å². The van der Waals surface area contributed by atoms with Gasteiger partial charge in [-0.3, -0.25) is 0 Å². The second-order valence-electron chi connectivity index (χ2n) is 7.63. The van der Waals surface area contributed by atoms with Crippen molar-refractivity contribution in [2.45, 2.75) is 18.7 Å². The van der Waals surface area contributed by atoms with E-state index in [0.717, 1.165) is 22.4 Å². The largest absolute Gasteiger partial charge is 0.507 e. The molecular formula is C25H24N2O5. The van der Waals surface area contributed by atoms with E-state index in [1.807, 2.05) is 53.5 Å². The molecule has 7 nitrogen and oxygen atoms in total. The zero-order chi connectivity index (χ0) is 22.2. The average molecular weight is 432 g/mol. The molecule has 0 bridgehead atoms. The van der Waals surface area contributed by atoms with Crippen molar-refractivity contribution >= 4 is 5.71 Å². The van der Waals surface area contributed by atoms with E-state index in [2.05, 4.69) is 0 Å². The Morgan fingerprint density at radius 1 is 0.906 bits per heavy atom. The highest BCUT2D eigenvalue weighted by Crippen LogP contribution is 2.51. The topological polar surface area (TPSA) is 72.8 Å². The number of para-hydroxylation sites is 2. The first kappa shape index (κ1) is 20.1. The predicted octanol–water partition coefficient (Wildman–Crippen LogP) is 4.66. The van der Waals surface area contributed by atoms with Gasteiger partial charge in [0.05, 0.1) is 33.1 Å². The first-order valence-corrected chi connectivity index (χ1v) is 10.3. The second-order valence-corrected chi connectivity index (χ2v) is 7.63. The smallest absolute Gasteiger partial charge is 0.214 e. The van der Waals surface area contributed by atoms with Crippen LogP contribution in [0.15, 0.2) is 65.8 Å². The molecule has 2 atom stereocenters. The molecule has 0 aliphatic carbocycles. The Kier molecular flexibility index (Phi) is 5.01. The third-order valence-electron chi connectivity index (χ3n) is 5.91. The highest BCUT2D eigenvalue weighted by atomic mass is 16.5. The molecule has 32 heavy (non-hydrogen) atoms. The van der Waals surface area contributed by atoms with Gasteiger partial charge in [0.2, 0.25) is 6.23 Å². The van der Waals surface area contributed by atoms with E-state index >= 15 is 0 Å². The van der Waals surface area contributed by atoms with Crippen LogP contribution >= 0.6 is 0 Å². The van der Waals surface area contributed by atoms with Crippen LogP contribution < -0.4 is 18.9 Å². The number of ether oxygens (including phenoxy) is 4. The van der Waals surface area contributed by atoms with E-state index in [1.54, 1.807) is 33.5 Å². The standard InChI is InChI=1S/C25H24N2O5/c1-29-21-12-11-15(13-23(21)31-3)25-27-19(17-8-6-10-22(30-2)24(17)32-25)14-18(26-27)16-7-4-5-9-20(16)28/h4-13,19,25,28H,14H2,1-3H3/t19-,25+/m0/s1. The number of phenolic OH excluding ortho intramolecular Hbond substituents is 1. The summed E-state index contributed by atoms with van der Waals surface area (Å²) in [5, 5.41) is 17.3. The molecule has 7 heteroatoms. The number of benzene rings is 3. The summed E-state index contributed by atoms with van der Waals surface area (Å²) in [6, 6.07) is 18.8. The van der Waals surface area contributed by atoms with E-state index in [9.17, 15) is 5.11 Å². The number of phenols is 1. The van der Waals surface area contributed by atoms with Crippen LogP contribution in [0.3, 0.4) is 0 Å². The molecule has 0 spiro atoms. The highest BCUT2D eigenvalue weighted by Gasteiger charge is 2.42. The molecule has 0 aromatic heterocycles. The number of hydrogen-bond acceptors (Lipinski definition) is 7. The Labute approximate surface area is 186 Å². The van der Waals surface area contributed by atoms with Crippen molar-refractivity contribution in [2.24, 2.45) is 5.10 Å². The predicted molar refractivity (Wildman–Crippen MR) is 120 cm³/mol. The number of hydrazone groups is 1. The number of nitrogens with zero attached hydrogens (tertiary/aromatic N) is 2. The summed E-state index contributed by atoms with van der Waals surface area (Å²) in [7, 11) is 4.85. The molecule has 1 N–H and O–H groups in total. The summed E-state index contributed by atoms with van der Waals surface area (Å²) < 4.78 is 23.0. The monoisotopic (exact) mass is 432 g/mol. The minimum Gasteiger partial charge on any atom is -0.507 e. The lowest BCUT2D eigenvalue weighted by molar-refractivity contribution is -0.0210. The van der Waals surface area contributed by atoms with Gasteiger partial charge >= 0.3 is 0 Å². The number of hydrogen-bond donors (Lipinski definition) is 1. The van der Waals surface area contributed by atoms with E-state index in [4.69, 9.17) is 24.0 Å². The van der Waals surface area contributed by atoms with Crippen LogP contribution in [0.5, 0.6) is 28.7 Å². The highest BCUT2D eigenvalue weighted by molar-refractivity contribution is 6.04. The number of fused-ring (bicyclic) bond motifs is 3. The molecule has 0 unspecified atom stereocenters. The first-order chi connectivity index (χ1) is 15.6. The average Bonchev–Trinajstić information content (AvgIpc) is 3.28. The van der Waals surface area contributed by atoms with Gasteiger partial charge in [0.15, 0.2) is 23.0 Å². The molecule has 164 valence electrons. The zero-order valence-electron chi connectivity index (χ0n) is 18.1. The van der Waals surface area contributed by atoms with Crippen LogP contribution in [0, 0.1) is 0 Å². The van der Waals surface area contributed by atoms with Crippen LogP contribution in [-0.2, 0) is 0 Å². The Morgan fingerprint density at radius 2 is 1.69 bits per heavy atom. The van der Waals surface area contributed by atoms with Crippen molar-refractivity contribution in [3.05, 3.63) is 77.4 Å². The minimum atomic E-state index is -0.507. The van der Waals surface area contributed by atoms with Crippen molar-refractivity contribution in [2.75, 3.05) is 21.3 Å². The normalized spacial score (nSPS) is 18.8. The molecule has 0 saturated heterocycles. The van der Waals surface area contributed by atoms with Crippen LogP contribution in [-0.4, -0.2) is 37.2 Å². The van der Waals surface area contributed by atoms with E-state index < -0.39 is 6.23 Å². The molecule has 2 aliphatic heterocycles. The van der Waals surface area contributed by atoms with Gasteiger partial charge in [0.1, 0.15) is 5.75 Å². The number of aromatic hydroxyl groups is 1. The van der Waals surface area contributed by atoms with Gasteiger partial charge in [-0.1, -0.05) is 24.3 Å². The Balaban J connectivity index is 1.64. The quantitative estimate of drug-likeness (QED) is 0.632. The molecule has 0 fully saturated rings. The molecule has 0 radical (unpaired) electrons. The van der Waals surface area contributed by atoms with Crippen LogP contribution in [0.1, 0.15) is 35.4 Å².